The van der Waals surface area contributed by atoms with Gasteiger partial charge in [0.25, 0.3) is 5.56 Å². The minimum atomic E-state index is -0.293. The Morgan fingerprint density at radius 2 is 2.24 bits per heavy atom. The van der Waals surface area contributed by atoms with Crippen molar-refractivity contribution in [1.29, 1.82) is 0 Å². The van der Waals surface area contributed by atoms with Crippen molar-refractivity contribution in [1.82, 2.24) is 24.6 Å². The molecule has 25 heavy (non-hydrogen) atoms. The maximum absolute atomic E-state index is 12.3. The summed E-state index contributed by atoms with van der Waals surface area (Å²) >= 11 is 0. The molecule has 1 amide bonds. The van der Waals surface area contributed by atoms with Gasteiger partial charge in [-0.25, -0.2) is 4.68 Å². The molecule has 1 aliphatic rings. The fourth-order valence-electron chi connectivity index (χ4n) is 2.57. The Kier molecular flexibility index (Phi) is 4.92. The molecule has 0 bridgehead atoms. The molecule has 0 spiro atoms. The number of nitrogens with zero attached hydrogens (tertiary/aromatic N) is 6. The van der Waals surface area contributed by atoms with Crippen molar-refractivity contribution in [2.75, 3.05) is 32.1 Å². The van der Waals surface area contributed by atoms with Crippen LogP contribution in [0, 0.1) is 0 Å². The number of aromatic nitrogens is 4. The Labute approximate surface area is 144 Å². The van der Waals surface area contributed by atoms with Gasteiger partial charge in [-0.3, -0.25) is 14.6 Å². The van der Waals surface area contributed by atoms with E-state index >= 15 is 0 Å². The number of rotatable bonds is 5. The molecule has 0 aromatic carbocycles. The van der Waals surface area contributed by atoms with Crippen LogP contribution < -0.4 is 15.2 Å². The Morgan fingerprint density at radius 1 is 1.40 bits per heavy atom. The monoisotopic (exact) mass is 344 g/mol. The van der Waals surface area contributed by atoms with E-state index in [-0.39, 0.29) is 24.1 Å². The molecule has 1 atom stereocenters. The lowest BCUT2D eigenvalue weighted by molar-refractivity contribution is -0.131. The molecule has 0 unspecified atom stereocenters. The standard InChI is InChI=1S/C16H20N6O3/c1-20(2)13-8-17-9-14(19-13)25-12-5-7-21(10-12)16(24)11-22-15(23)4-3-6-18-22/h3-4,6,8-9,12H,5,7,10-11H2,1-2H3/t12-/m1/s1. The zero-order valence-electron chi connectivity index (χ0n) is 14.2. The molecule has 132 valence electrons. The van der Waals surface area contributed by atoms with Gasteiger partial charge in [0.1, 0.15) is 12.6 Å². The first-order valence-corrected chi connectivity index (χ1v) is 7.99. The second-order valence-corrected chi connectivity index (χ2v) is 6.00. The van der Waals surface area contributed by atoms with Gasteiger partial charge in [0.05, 0.1) is 18.9 Å². The van der Waals surface area contributed by atoms with E-state index in [0.29, 0.717) is 31.2 Å². The SMILES string of the molecule is CN(C)c1cncc(O[C@@H]2CCN(C(=O)Cn3ncccc3=O)C2)n1. The van der Waals surface area contributed by atoms with E-state index in [4.69, 9.17) is 4.74 Å². The fourth-order valence-corrected chi connectivity index (χ4v) is 2.57. The normalized spacial score (nSPS) is 16.7. The molecule has 2 aromatic rings. The summed E-state index contributed by atoms with van der Waals surface area (Å²) in [4.78, 5) is 36.0. The topological polar surface area (TPSA) is 93.5 Å². The van der Waals surface area contributed by atoms with Gasteiger partial charge in [0.2, 0.25) is 11.8 Å². The van der Waals surface area contributed by atoms with Crippen molar-refractivity contribution in [3.05, 3.63) is 41.1 Å². The van der Waals surface area contributed by atoms with Crippen molar-refractivity contribution in [2.45, 2.75) is 19.1 Å². The molecule has 0 aliphatic carbocycles. The maximum atomic E-state index is 12.3. The number of ether oxygens (including phenoxy) is 1. The fraction of sp³-hybridized carbons (Fsp3) is 0.438. The predicted molar refractivity (Wildman–Crippen MR) is 90.5 cm³/mol. The zero-order chi connectivity index (χ0) is 17.8. The van der Waals surface area contributed by atoms with E-state index in [1.807, 2.05) is 19.0 Å². The molecular formula is C16H20N6O3. The van der Waals surface area contributed by atoms with E-state index in [9.17, 15) is 9.59 Å². The molecule has 2 aromatic heterocycles. The summed E-state index contributed by atoms with van der Waals surface area (Å²) < 4.78 is 7.00. The molecular weight excluding hydrogens is 324 g/mol. The molecule has 9 nitrogen and oxygen atoms in total. The highest BCUT2D eigenvalue weighted by Gasteiger charge is 2.28. The predicted octanol–water partition coefficient (Wildman–Crippen LogP) is -0.221. The van der Waals surface area contributed by atoms with Crippen LogP contribution in [0.15, 0.2) is 35.5 Å². The van der Waals surface area contributed by atoms with Gasteiger partial charge in [-0.15, -0.1) is 0 Å². The third-order valence-corrected chi connectivity index (χ3v) is 3.91. The van der Waals surface area contributed by atoms with E-state index < -0.39 is 0 Å². The summed E-state index contributed by atoms with van der Waals surface area (Å²) in [6, 6.07) is 2.93. The first kappa shape index (κ1) is 16.9. The largest absolute Gasteiger partial charge is 0.471 e. The van der Waals surface area contributed by atoms with Crippen LogP contribution in [-0.2, 0) is 11.3 Å². The Morgan fingerprint density at radius 3 is 3.00 bits per heavy atom. The van der Waals surface area contributed by atoms with E-state index in [0.717, 1.165) is 4.68 Å². The van der Waals surface area contributed by atoms with Crippen molar-refractivity contribution >= 4 is 11.7 Å². The molecule has 1 saturated heterocycles. The average molecular weight is 344 g/mol. The van der Waals surface area contributed by atoms with E-state index in [2.05, 4.69) is 15.1 Å². The van der Waals surface area contributed by atoms with Crippen LogP contribution in [0.2, 0.25) is 0 Å². The van der Waals surface area contributed by atoms with Crippen LogP contribution in [-0.4, -0.2) is 63.8 Å². The quantitative estimate of drug-likeness (QED) is 0.740. The smallest absolute Gasteiger partial charge is 0.267 e. The van der Waals surface area contributed by atoms with Gasteiger partial charge in [0.15, 0.2) is 5.82 Å². The molecule has 3 heterocycles. The third kappa shape index (κ3) is 4.11. The van der Waals surface area contributed by atoms with E-state index in [1.54, 1.807) is 23.4 Å². The summed E-state index contributed by atoms with van der Waals surface area (Å²) in [7, 11) is 3.76. The number of carbonyl (C=O) groups is 1. The van der Waals surface area contributed by atoms with Crippen LogP contribution in [0.1, 0.15) is 6.42 Å². The molecule has 0 saturated carbocycles. The Bertz CT molecular complexity index is 806. The lowest BCUT2D eigenvalue weighted by Crippen LogP contribution is -2.36. The van der Waals surface area contributed by atoms with Gasteiger partial charge < -0.3 is 14.5 Å². The lowest BCUT2D eigenvalue weighted by Gasteiger charge is -2.17. The van der Waals surface area contributed by atoms with Crippen LogP contribution in [0.3, 0.4) is 0 Å². The first-order valence-electron chi connectivity index (χ1n) is 7.99. The van der Waals surface area contributed by atoms with Crippen molar-refractivity contribution < 1.29 is 9.53 Å². The van der Waals surface area contributed by atoms with Gasteiger partial charge >= 0.3 is 0 Å². The zero-order valence-corrected chi connectivity index (χ0v) is 14.2. The van der Waals surface area contributed by atoms with Gasteiger partial charge in [-0.1, -0.05) is 0 Å². The highest BCUT2D eigenvalue weighted by Crippen LogP contribution is 2.18. The number of carbonyl (C=O) groups excluding carboxylic acids is 1. The Hall–Kier alpha value is -2.97. The molecule has 9 heteroatoms. The molecule has 1 aliphatic heterocycles. The van der Waals surface area contributed by atoms with Crippen LogP contribution in [0.4, 0.5) is 5.82 Å². The summed E-state index contributed by atoms with van der Waals surface area (Å²) in [6.45, 7) is 0.961. The minimum Gasteiger partial charge on any atom is -0.471 e. The van der Waals surface area contributed by atoms with Gasteiger partial charge in [-0.05, 0) is 6.07 Å². The summed E-state index contributed by atoms with van der Waals surface area (Å²) in [5, 5.41) is 3.91. The summed E-state index contributed by atoms with van der Waals surface area (Å²) in [6.07, 6.45) is 5.26. The molecule has 0 N–H and O–H groups in total. The molecule has 1 fully saturated rings. The highest BCUT2D eigenvalue weighted by atomic mass is 16.5. The summed E-state index contributed by atoms with van der Waals surface area (Å²) in [5.74, 6) is 0.990. The summed E-state index contributed by atoms with van der Waals surface area (Å²) in [5.41, 5.74) is -0.293. The number of amides is 1. The average Bonchev–Trinajstić information content (AvgIpc) is 3.06. The number of hydrogen-bond donors (Lipinski definition) is 0. The molecule has 3 rings (SSSR count). The van der Waals surface area contributed by atoms with E-state index in [1.165, 1.54) is 12.3 Å². The van der Waals surface area contributed by atoms with Crippen molar-refractivity contribution in [3.8, 4) is 5.88 Å². The Balaban J connectivity index is 1.58. The van der Waals surface area contributed by atoms with Crippen molar-refractivity contribution in [3.63, 3.8) is 0 Å². The lowest BCUT2D eigenvalue weighted by atomic mass is 10.3. The minimum absolute atomic E-state index is 0.0671. The van der Waals surface area contributed by atoms with Gasteiger partial charge in [0, 0.05) is 39.3 Å². The number of likely N-dealkylation sites (tertiary alicyclic amines) is 1. The first-order chi connectivity index (χ1) is 12.0. The van der Waals surface area contributed by atoms with Crippen LogP contribution in [0.5, 0.6) is 5.88 Å². The number of hydrogen-bond acceptors (Lipinski definition) is 7. The third-order valence-electron chi connectivity index (χ3n) is 3.91. The second-order valence-electron chi connectivity index (χ2n) is 6.00. The van der Waals surface area contributed by atoms with Crippen molar-refractivity contribution in [2.24, 2.45) is 0 Å². The van der Waals surface area contributed by atoms with Crippen LogP contribution >= 0.6 is 0 Å². The maximum Gasteiger partial charge on any atom is 0.267 e. The molecule has 0 radical (unpaired) electrons. The van der Waals surface area contributed by atoms with Gasteiger partial charge in [-0.2, -0.15) is 10.1 Å². The number of anilines is 1. The van der Waals surface area contributed by atoms with Crippen LogP contribution in [0.25, 0.3) is 0 Å². The highest BCUT2D eigenvalue weighted by molar-refractivity contribution is 5.76. The second kappa shape index (κ2) is 7.29.